The summed E-state index contributed by atoms with van der Waals surface area (Å²) in [5, 5.41) is 1.98. The van der Waals surface area contributed by atoms with Gasteiger partial charge in [0.15, 0.2) is 0 Å². The lowest BCUT2D eigenvalue weighted by molar-refractivity contribution is -0.121. The summed E-state index contributed by atoms with van der Waals surface area (Å²) in [6, 6.07) is 8.02. The van der Waals surface area contributed by atoms with Crippen LogP contribution in [-0.4, -0.2) is 49.0 Å². The van der Waals surface area contributed by atoms with Gasteiger partial charge in [0.05, 0.1) is 0 Å². The lowest BCUT2D eigenvalue weighted by Gasteiger charge is -2.31. The molecule has 2 rings (SSSR count). The van der Waals surface area contributed by atoms with Crippen molar-refractivity contribution < 1.29 is 4.79 Å². The van der Waals surface area contributed by atoms with E-state index in [1.54, 1.807) is 6.08 Å². The first-order valence-corrected chi connectivity index (χ1v) is 6.63. The van der Waals surface area contributed by atoms with Crippen LogP contribution in [0.3, 0.4) is 0 Å². The molecule has 0 radical (unpaired) electrons. The number of rotatable bonds is 3. The summed E-state index contributed by atoms with van der Waals surface area (Å²) in [5.41, 5.74) is 5.16. The van der Waals surface area contributed by atoms with E-state index in [-0.39, 0.29) is 5.91 Å². The number of nitrogens with one attached hydrogen (secondary N) is 1. The maximum atomic E-state index is 11.8. The highest BCUT2D eigenvalue weighted by Gasteiger charge is 2.14. The van der Waals surface area contributed by atoms with Gasteiger partial charge in [-0.2, -0.15) is 0 Å². The molecule has 4 nitrogen and oxygen atoms in total. The van der Waals surface area contributed by atoms with Crippen LogP contribution in [0, 0.1) is 6.92 Å². The summed E-state index contributed by atoms with van der Waals surface area (Å²) in [5.74, 6) is -0.0622. The van der Waals surface area contributed by atoms with Crippen LogP contribution in [0.4, 0.5) is 0 Å². The second kappa shape index (κ2) is 6.50. The Morgan fingerprint density at radius 2 is 1.89 bits per heavy atom. The zero-order valence-electron chi connectivity index (χ0n) is 11.6. The first-order valence-electron chi connectivity index (χ1n) is 6.63. The average molecular weight is 259 g/mol. The van der Waals surface area contributed by atoms with E-state index < -0.39 is 0 Å². The number of likely N-dealkylation sites (N-methyl/N-ethyl adjacent to an activating group) is 1. The Morgan fingerprint density at radius 1 is 1.21 bits per heavy atom. The molecule has 1 aliphatic rings. The number of nitrogens with zero attached hydrogens (tertiary/aromatic N) is 2. The fourth-order valence-electron chi connectivity index (χ4n) is 2.05. The Kier molecular flexibility index (Phi) is 4.71. The van der Waals surface area contributed by atoms with Gasteiger partial charge < -0.3 is 4.90 Å². The van der Waals surface area contributed by atoms with Crippen LogP contribution in [0.1, 0.15) is 11.1 Å². The van der Waals surface area contributed by atoms with E-state index in [1.807, 2.05) is 42.3 Å². The van der Waals surface area contributed by atoms with Gasteiger partial charge in [-0.3, -0.25) is 10.2 Å². The van der Waals surface area contributed by atoms with Crippen LogP contribution in [-0.2, 0) is 4.79 Å². The number of hydrogen-bond donors (Lipinski definition) is 1. The summed E-state index contributed by atoms with van der Waals surface area (Å²) in [6.07, 6.45) is 3.46. The average Bonchev–Trinajstić information content (AvgIpc) is 2.40. The van der Waals surface area contributed by atoms with Gasteiger partial charge in [0.1, 0.15) is 0 Å². The SMILES string of the molecule is Cc1ccccc1/C=C/C(=O)NN1CCN(C)CC1. The lowest BCUT2D eigenvalue weighted by atomic mass is 10.1. The first kappa shape index (κ1) is 13.8. The van der Waals surface area contributed by atoms with Gasteiger partial charge in [-0.1, -0.05) is 24.3 Å². The van der Waals surface area contributed by atoms with Crippen molar-refractivity contribution in [2.45, 2.75) is 6.92 Å². The molecule has 1 amide bonds. The predicted molar refractivity (Wildman–Crippen MR) is 77.4 cm³/mol. The molecule has 0 bridgehead atoms. The second-order valence-electron chi connectivity index (χ2n) is 4.96. The van der Waals surface area contributed by atoms with Crippen LogP contribution in [0.2, 0.25) is 0 Å². The van der Waals surface area contributed by atoms with Crippen LogP contribution in [0.25, 0.3) is 6.08 Å². The van der Waals surface area contributed by atoms with Crippen molar-refractivity contribution in [3.05, 3.63) is 41.5 Å². The number of benzene rings is 1. The summed E-state index contributed by atoms with van der Waals surface area (Å²) in [4.78, 5) is 14.1. The van der Waals surface area contributed by atoms with Crippen molar-refractivity contribution in [1.29, 1.82) is 0 Å². The molecule has 1 aromatic carbocycles. The normalized spacial score (nSPS) is 17.8. The minimum atomic E-state index is -0.0622. The highest BCUT2D eigenvalue weighted by molar-refractivity contribution is 5.91. The molecule has 0 spiro atoms. The molecule has 0 aromatic heterocycles. The third kappa shape index (κ3) is 4.19. The van der Waals surface area contributed by atoms with Crippen molar-refractivity contribution >= 4 is 12.0 Å². The molecule has 0 saturated carbocycles. The van der Waals surface area contributed by atoms with Crippen LogP contribution >= 0.6 is 0 Å². The number of hydrazine groups is 1. The number of carbonyl (C=O) groups is 1. The smallest absolute Gasteiger partial charge is 0.258 e. The Labute approximate surface area is 114 Å². The summed E-state index contributed by atoms with van der Waals surface area (Å²) in [7, 11) is 2.09. The topological polar surface area (TPSA) is 35.6 Å². The molecule has 1 aromatic rings. The quantitative estimate of drug-likeness (QED) is 0.831. The molecule has 102 valence electrons. The molecule has 1 saturated heterocycles. The molecule has 0 unspecified atom stereocenters. The third-order valence-electron chi connectivity index (χ3n) is 3.37. The van der Waals surface area contributed by atoms with Gasteiger partial charge in [-0.25, -0.2) is 5.01 Å². The maximum absolute atomic E-state index is 11.8. The fraction of sp³-hybridized carbons (Fsp3) is 0.400. The molecule has 1 fully saturated rings. The molecule has 0 aliphatic carbocycles. The maximum Gasteiger partial charge on any atom is 0.258 e. The molecule has 1 N–H and O–H groups in total. The van der Waals surface area contributed by atoms with E-state index in [0.717, 1.165) is 31.7 Å². The van der Waals surface area contributed by atoms with Crippen molar-refractivity contribution in [2.24, 2.45) is 0 Å². The number of piperazine rings is 1. The Hall–Kier alpha value is -1.65. The first-order chi connectivity index (χ1) is 9.15. The van der Waals surface area contributed by atoms with E-state index in [9.17, 15) is 4.79 Å². The van der Waals surface area contributed by atoms with E-state index in [0.29, 0.717) is 0 Å². The minimum Gasteiger partial charge on any atom is -0.304 e. The molecular formula is C15H21N3O. The van der Waals surface area contributed by atoms with Crippen molar-refractivity contribution in [1.82, 2.24) is 15.3 Å². The van der Waals surface area contributed by atoms with Gasteiger partial charge in [0, 0.05) is 32.3 Å². The van der Waals surface area contributed by atoms with Gasteiger partial charge in [0.25, 0.3) is 5.91 Å². The number of carbonyl (C=O) groups excluding carboxylic acids is 1. The van der Waals surface area contributed by atoms with Crippen molar-refractivity contribution in [3.8, 4) is 0 Å². The molecule has 19 heavy (non-hydrogen) atoms. The molecular weight excluding hydrogens is 238 g/mol. The summed E-state index contributed by atoms with van der Waals surface area (Å²) >= 11 is 0. The van der Waals surface area contributed by atoms with Crippen LogP contribution < -0.4 is 5.43 Å². The number of amides is 1. The standard InChI is InChI=1S/C15H21N3O/c1-13-5-3-4-6-14(13)7-8-15(19)16-18-11-9-17(2)10-12-18/h3-8H,9-12H2,1-2H3,(H,16,19)/b8-7+. The lowest BCUT2D eigenvalue weighted by Crippen LogP contribution is -2.52. The third-order valence-corrected chi connectivity index (χ3v) is 3.37. The Bertz CT molecular complexity index is 462. The number of aryl methyl sites for hydroxylation is 1. The van der Waals surface area contributed by atoms with E-state index >= 15 is 0 Å². The van der Waals surface area contributed by atoms with Crippen LogP contribution in [0.15, 0.2) is 30.3 Å². The van der Waals surface area contributed by atoms with E-state index in [4.69, 9.17) is 0 Å². The fourth-order valence-corrected chi connectivity index (χ4v) is 2.05. The zero-order chi connectivity index (χ0) is 13.7. The van der Waals surface area contributed by atoms with Crippen LogP contribution in [0.5, 0.6) is 0 Å². The van der Waals surface area contributed by atoms with E-state index in [2.05, 4.69) is 17.4 Å². The van der Waals surface area contributed by atoms with Gasteiger partial charge in [-0.05, 0) is 31.2 Å². The highest BCUT2D eigenvalue weighted by Crippen LogP contribution is 2.08. The zero-order valence-corrected chi connectivity index (χ0v) is 11.6. The molecule has 4 heteroatoms. The molecule has 0 atom stereocenters. The molecule has 1 aliphatic heterocycles. The second-order valence-corrected chi connectivity index (χ2v) is 4.96. The van der Waals surface area contributed by atoms with Gasteiger partial charge >= 0.3 is 0 Å². The van der Waals surface area contributed by atoms with Crippen molar-refractivity contribution in [3.63, 3.8) is 0 Å². The number of hydrogen-bond acceptors (Lipinski definition) is 3. The Balaban J connectivity index is 1.86. The Morgan fingerprint density at radius 3 is 2.58 bits per heavy atom. The van der Waals surface area contributed by atoms with Gasteiger partial charge in [-0.15, -0.1) is 0 Å². The summed E-state index contributed by atoms with van der Waals surface area (Å²) in [6.45, 7) is 5.77. The van der Waals surface area contributed by atoms with E-state index in [1.165, 1.54) is 5.56 Å². The van der Waals surface area contributed by atoms with Gasteiger partial charge in [0.2, 0.25) is 0 Å². The molecule has 1 heterocycles. The summed E-state index contributed by atoms with van der Waals surface area (Å²) < 4.78 is 0. The predicted octanol–water partition coefficient (Wildman–Crippen LogP) is 1.29. The minimum absolute atomic E-state index is 0.0622. The monoisotopic (exact) mass is 259 g/mol. The highest BCUT2D eigenvalue weighted by atomic mass is 16.2. The van der Waals surface area contributed by atoms with Crippen molar-refractivity contribution in [2.75, 3.05) is 33.2 Å². The largest absolute Gasteiger partial charge is 0.304 e.